The zero-order valence-corrected chi connectivity index (χ0v) is 13.4. The second-order valence-corrected chi connectivity index (χ2v) is 6.17. The van der Waals surface area contributed by atoms with Crippen LogP contribution in [0.5, 0.6) is 0 Å². The van der Waals surface area contributed by atoms with E-state index in [1.54, 1.807) is 0 Å². The number of aromatic nitrogens is 1. The third-order valence-corrected chi connectivity index (χ3v) is 4.25. The Bertz CT molecular complexity index is 470. The topological polar surface area (TPSA) is 75.6 Å². The van der Waals surface area contributed by atoms with Crippen molar-refractivity contribution in [3.05, 3.63) is 17.0 Å². The first-order valence-corrected chi connectivity index (χ1v) is 7.58. The summed E-state index contributed by atoms with van der Waals surface area (Å²) in [5, 5.41) is 3.98. The van der Waals surface area contributed by atoms with Gasteiger partial charge in [0, 0.05) is 38.3 Å². The van der Waals surface area contributed by atoms with Crippen LogP contribution in [-0.2, 0) is 11.3 Å². The third kappa shape index (κ3) is 3.63. The first kappa shape index (κ1) is 16.0. The van der Waals surface area contributed by atoms with Gasteiger partial charge in [-0.3, -0.25) is 9.69 Å². The average Bonchev–Trinajstić information content (AvgIpc) is 2.78. The summed E-state index contributed by atoms with van der Waals surface area (Å²) in [7, 11) is 0. The average molecular weight is 294 g/mol. The van der Waals surface area contributed by atoms with Gasteiger partial charge in [0.1, 0.15) is 5.76 Å². The maximum atomic E-state index is 12.2. The lowest BCUT2D eigenvalue weighted by atomic mass is 10.0. The quantitative estimate of drug-likeness (QED) is 0.893. The number of hydrogen-bond donors (Lipinski definition) is 1. The van der Waals surface area contributed by atoms with E-state index in [0.717, 1.165) is 49.7 Å². The summed E-state index contributed by atoms with van der Waals surface area (Å²) in [5.74, 6) is 1.13. The molecule has 2 heterocycles. The molecule has 2 rings (SSSR count). The lowest BCUT2D eigenvalue weighted by molar-refractivity contribution is -0.135. The van der Waals surface area contributed by atoms with E-state index in [9.17, 15) is 4.79 Å². The molecule has 0 aliphatic carbocycles. The van der Waals surface area contributed by atoms with Gasteiger partial charge in [0.05, 0.1) is 11.7 Å². The molecule has 1 fully saturated rings. The summed E-state index contributed by atoms with van der Waals surface area (Å²) in [5.41, 5.74) is 8.06. The highest BCUT2D eigenvalue weighted by Gasteiger charge is 2.27. The zero-order chi connectivity index (χ0) is 15.6. The standard InChI is InChI=1S/C15H26N4O2/c1-10(2)14(16)15(20)19-7-5-18(6-8-19)9-13-11(3)17-21-12(13)4/h10,14H,5-9,16H2,1-4H3/t14-/m0/s1. The molecule has 1 aliphatic heterocycles. The van der Waals surface area contributed by atoms with Crippen LogP contribution in [0.1, 0.15) is 30.9 Å². The Balaban J connectivity index is 1.88. The van der Waals surface area contributed by atoms with Crippen LogP contribution in [0, 0.1) is 19.8 Å². The summed E-state index contributed by atoms with van der Waals surface area (Å²) < 4.78 is 5.20. The summed E-state index contributed by atoms with van der Waals surface area (Å²) >= 11 is 0. The molecule has 0 aromatic carbocycles. The molecule has 1 aliphatic rings. The van der Waals surface area contributed by atoms with Gasteiger partial charge in [-0.2, -0.15) is 0 Å². The first-order valence-electron chi connectivity index (χ1n) is 7.58. The van der Waals surface area contributed by atoms with E-state index in [4.69, 9.17) is 10.3 Å². The van der Waals surface area contributed by atoms with Crippen molar-refractivity contribution >= 4 is 5.91 Å². The fraction of sp³-hybridized carbons (Fsp3) is 0.733. The molecule has 1 aromatic rings. The highest BCUT2D eigenvalue weighted by molar-refractivity contribution is 5.82. The molecule has 0 spiro atoms. The molecule has 1 aromatic heterocycles. The molecule has 2 N–H and O–H groups in total. The van der Waals surface area contributed by atoms with Gasteiger partial charge in [-0.15, -0.1) is 0 Å². The largest absolute Gasteiger partial charge is 0.361 e. The van der Waals surface area contributed by atoms with Gasteiger partial charge in [-0.1, -0.05) is 19.0 Å². The van der Waals surface area contributed by atoms with Crippen LogP contribution < -0.4 is 5.73 Å². The molecule has 0 radical (unpaired) electrons. The van der Waals surface area contributed by atoms with Gasteiger partial charge >= 0.3 is 0 Å². The Morgan fingerprint density at radius 1 is 1.29 bits per heavy atom. The number of piperazine rings is 1. The van der Waals surface area contributed by atoms with Crippen LogP contribution in [-0.4, -0.2) is 53.1 Å². The Kier molecular flexibility index (Phi) is 5.00. The Morgan fingerprint density at radius 2 is 1.90 bits per heavy atom. The molecule has 1 saturated heterocycles. The van der Waals surface area contributed by atoms with Gasteiger partial charge in [0.15, 0.2) is 0 Å². The summed E-state index contributed by atoms with van der Waals surface area (Å²) in [4.78, 5) is 16.4. The van der Waals surface area contributed by atoms with Crippen molar-refractivity contribution < 1.29 is 9.32 Å². The molecule has 6 heteroatoms. The molecular formula is C15H26N4O2. The lowest BCUT2D eigenvalue weighted by Gasteiger charge is -2.36. The van der Waals surface area contributed by atoms with E-state index in [1.807, 2.05) is 32.6 Å². The van der Waals surface area contributed by atoms with Crippen molar-refractivity contribution in [3.8, 4) is 0 Å². The fourth-order valence-electron chi connectivity index (χ4n) is 2.57. The number of hydrogen-bond acceptors (Lipinski definition) is 5. The van der Waals surface area contributed by atoms with E-state index >= 15 is 0 Å². The molecule has 1 atom stereocenters. The minimum atomic E-state index is -0.390. The predicted molar refractivity (Wildman–Crippen MR) is 80.6 cm³/mol. The van der Waals surface area contributed by atoms with Gasteiger partial charge in [0.25, 0.3) is 0 Å². The fourth-order valence-corrected chi connectivity index (χ4v) is 2.57. The number of nitrogens with zero attached hydrogens (tertiary/aromatic N) is 3. The van der Waals surface area contributed by atoms with E-state index in [1.165, 1.54) is 0 Å². The summed E-state index contributed by atoms with van der Waals surface area (Å²) in [6.45, 7) is 11.9. The maximum absolute atomic E-state index is 12.2. The minimum absolute atomic E-state index is 0.0713. The lowest BCUT2D eigenvalue weighted by Crippen LogP contribution is -2.54. The van der Waals surface area contributed by atoms with Crippen molar-refractivity contribution in [2.75, 3.05) is 26.2 Å². The Hall–Kier alpha value is -1.40. The van der Waals surface area contributed by atoms with Crippen LogP contribution in [0.25, 0.3) is 0 Å². The number of carbonyl (C=O) groups is 1. The monoisotopic (exact) mass is 294 g/mol. The molecule has 0 unspecified atom stereocenters. The number of rotatable bonds is 4. The maximum Gasteiger partial charge on any atom is 0.239 e. The van der Waals surface area contributed by atoms with Crippen molar-refractivity contribution in [2.45, 2.75) is 40.3 Å². The predicted octanol–water partition coefficient (Wildman–Crippen LogP) is 0.919. The Morgan fingerprint density at radius 3 is 2.38 bits per heavy atom. The third-order valence-electron chi connectivity index (χ3n) is 4.25. The molecular weight excluding hydrogens is 268 g/mol. The van der Waals surface area contributed by atoms with Gasteiger partial charge < -0.3 is 15.2 Å². The van der Waals surface area contributed by atoms with E-state index in [-0.39, 0.29) is 17.9 Å². The zero-order valence-electron chi connectivity index (χ0n) is 13.4. The normalized spacial score (nSPS) is 18.3. The van der Waals surface area contributed by atoms with Gasteiger partial charge in [-0.25, -0.2) is 0 Å². The molecule has 0 saturated carbocycles. The smallest absolute Gasteiger partial charge is 0.239 e. The van der Waals surface area contributed by atoms with Gasteiger partial charge in [0.2, 0.25) is 5.91 Å². The van der Waals surface area contributed by atoms with Gasteiger partial charge in [-0.05, 0) is 19.8 Å². The van der Waals surface area contributed by atoms with Crippen molar-refractivity contribution in [1.29, 1.82) is 0 Å². The number of aryl methyl sites for hydroxylation is 2. The Labute approximate surface area is 126 Å². The van der Waals surface area contributed by atoms with Crippen LogP contribution in [0.4, 0.5) is 0 Å². The first-order chi connectivity index (χ1) is 9.90. The molecule has 118 valence electrons. The number of amides is 1. The minimum Gasteiger partial charge on any atom is -0.361 e. The van der Waals surface area contributed by atoms with E-state index < -0.39 is 0 Å². The molecule has 0 bridgehead atoms. The molecule has 21 heavy (non-hydrogen) atoms. The summed E-state index contributed by atoms with van der Waals surface area (Å²) in [6.07, 6.45) is 0. The molecule has 6 nitrogen and oxygen atoms in total. The summed E-state index contributed by atoms with van der Waals surface area (Å²) in [6, 6.07) is -0.390. The number of carbonyl (C=O) groups excluding carboxylic acids is 1. The van der Waals surface area contributed by atoms with Crippen molar-refractivity contribution in [2.24, 2.45) is 11.7 Å². The van der Waals surface area contributed by atoms with Crippen molar-refractivity contribution in [1.82, 2.24) is 15.0 Å². The second kappa shape index (κ2) is 6.58. The van der Waals surface area contributed by atoms with Crippen LogP contribution in [0.3, 0.4) is 0 Å². The van der Waals surface area contributed by atoms with E-state index in [0.29, 0.717) is 0 Å². The SMILES string of the molecule is Cc1noc(C)c1CN1CCN(C(=O)[C@@H](N)C(C)C)CC1. The van der Waals surface area contributed by atoms with Crippen LogP contribution >= 0.6 is 0 Å². The van der Waals surface area contributed by atoms with Crippen molar-refractivity contribution in [3.63, 3.8) is 0 Å². The highest BCUT2D eigenvalue weighted by atomic mass is 16.5. The molecule has 1 amide bonds. The van der Waals surface area contributed by atoms with E-state index in [2.05, 4.69) is 10.1 Å². The highest BCUT2D eigenvalue weighted by Crippen LogP contribution is 2.16. The number of nitrogens with two attached hydrogens (primary N) is 1. The second-order valence-electron chi connectivity index (χ2n) is 6.17. The van der Waals surface area contributed by atoms with Crippen LogP contribution in [0.2, 0.25) is 0 Å². The van der Waals surface area contributed by atoms with Crippen LogP contribution in [0.15, 0.2) is 4.52 Å².